The second-order valence-corrected chi connectivity index (χ2v) is 13.8. The molecule has 0 aliphatic heterocycles. The molecule has 9 heteroatoms. The van der Waals surface area contributed by atoms with Gasteiger partial charge in [-0.1, -0.05) is 67.9 Å². The lowest BCUT2D eigenvalue weighted by atomic mass is 10.1. The molecule has 0 bridgehead atoms. The van der Waals surface area contributed by atoms with E-state index in [0.717, 1.165) is 6.07 Å². The van der Waals surface area contributed by atoms with Crippen molar-refractivity contribution in [1.29, 1.82) is 0 Å². The fourth-order valence-corrected chi connectivity index (χ4v) is 9.33. The Labute approximate surface area is 228 Å². The maximum absolute atomic E-state index is 10.8. The average Bonchev–Trinajstić information content (AvgIpc) is 2.95. The second kappa shape index (κ2) is 13.3. The molecule has 0 aliphatic rings. The van der Waals surface area contributed by atoms with E-state index in [1.807, 2.05) is 0 Å². The van der Waals surface area contributed by atoms with Gasteiger partial charge in [0.25, 0.3) is 10.1 Å². The van der Waals surface area contributed by atoms with Crippen molar-refractivity contribution < 1.29 is 32.8 Å². The van der Waals surface area contributed by atoms with Crippen LogP contribution < -0.4 is 15.9 Å². The number of carboxylic acid groups (broad SMARTS) is 2. The summed E-state index contributed by atoms with van der Waals surface area (Å²) in [6.07, 6.45) is 3.72. The average molecular weight is 566 g/mol. The molecule has 0 spiro atoms. The van der Waals surface area contributed by atoms with Gasteiger partial charge in [0.15, 0.2) is 0 Å². The summed E-state index contributed by atoms with van der Waals surface area (Å²) >= 11 is 0. The lowest BCUT2D eigenvalue weighted by Gasteiger charge is -2.27. The van der Waals surface area contributed by atoms with Crippen LogP contribution in [0, 0.1) is 0 Å². The lowest BCUT2D eigenvalue weighted by molar-refractivity contribution is 0.0696. The zero-order chi connectivity index (χ0) is 28.5. The summed E-state index contributed by atoms with van der Waals surface area (Å²) in [4.78, 5) is 20.4. The smallest absolute Gasteiger partial charge is 0.335 e. The zero-order valence-electron chi connectivity index (χ0n) is 21.3. The fourth-order valence-electron chi connectivity index (χ4n) is 4.27. The first-order chi connectivity index (χ1) is 18.6. The summed E-state index contributed by atoms with van der Waals surface area (Å²) < 4.78 is 30.2. The monoisotopic (exact) mass is 565 g/mol. The molecule has 0 radical (unpaired) electrons. The maximum atomic E-state index is 10.8. The number of rotatable bonds is 9. The highest BCUT2D eigenvalue weighted by Gasteiger charge is 2.44. The third-order valence-electron chi connectivity index (χ3n) is 6.14. The normalized spacial score (nSPS) is 11.2. The predicted octanol–water partition coefficient (Wildman–Crippen LogP) is 5.11. The number of hydrogen-bond acceptors (Lipinski definition) is 4. The van der Waals surface area contributed by atoms with E-state index in [1.54, 1.807) is 0 Å². The van der Waals surface area contributed by atoms with Crippen molar-refractivity contribution in [1.82, 2.24) is 0 Å². The van der Waals surface area contributed by atoms with Crippen molar-refractivity contribution in [3.63, 3.8) is 0 Å². The van der Waals surface area contributed by atoms with Crippen molar-refractivity contribution in [2.75, 3.05) is 6.16 Å². The van der Waals surface area contributed by atoms with Crippen molar-refractivity contribution >= 4 is 45.2 Å². The molecule has 7 nitrogen and oxygen atoms in total. The van der Waals surface area contributed by atoms with Crippen molar-refractivity contribution in [3.8, 4) is 0 Å². The minimum atomic E-state index is -4.64. The first kappa shape index (κ1) is 29.7. The highest BCUT2D eigenvalue weighted by molar-refractivity contribution is 7.95. The lowest BCUT2D eigenvalue weighted by Crippen LogP contribution is -2.33. The summed E-state index contributed by atoms with van der Waals surface area (Å²) in [7, 11) is -6.21. The third kappa shape index (κ3) is 7.39. The summed E-state index contributed by atoms with van der Waals surface area (Å²) in [5.41, 5.74) is -1.07. The number of unbranched alkanes of at least 4 members (excludes halogenated alkanes) is 1. The number of benzene rings is 4. The van der Waals surface area contributed by atoms with Crippen LogP contribution in [0.3, 0.4) is 0 Å². The largest absolute Gasteiger partial charge is 0.478 e. The number of carboxylic acids is 2. The highest BCUT2D eigenvalue weighted by atomic mass is 32.2. The first-order valence-electron chi connectivity index (χ1n) is 12.2. The summed E-state index contributed by atoms with van der Waals surface area (Å²) in [5, 5.41) is 21.7. The van der Waals surface area contributed by atoms with Crippen LogP contribution in [0.25, 0.3) is 0 Å². The van der Waals surface area contributed by atoms with Gasteiger partial charge in [-0.3, -0.25) is 4.55 Å². The van der Waals surface area contributed by atoms with Gasteiger partial charge in [-0.25, -0.2) is 9.59 Å². The molecular formula is C30H30O7PS+. The van der Waals surface area contributed by atoms with E-state index in [-0.39, 0.29) is 0 Å². The second-order valence-electron chi connectivity index (χ2n) is 8.72. The van der Waals surface area contributed by atoms with E-state index < -0.39 is 45.3 Å². The molecule has 0 aromatic heterocycles. The van der Waals surface area contributed by atoms with Crippen LogP contribution in [0.2, 0.25) is 0 Å². The van der Waals surface area contributed by atoms with Crippen LogP contribution in [0.4, 0.5) is 0 Å². The van der Waals surface area contributed by atoms with Gasteiger partial charge in [-0.2, -0.15) is 8.42 Å². The Hall–Kier alpha value is -3.84. The van der Waals surface area contributed by atoms with Gasteiger partial charge in [0.1, 0.15) is 23.2 Å². The first-order valence-corrected chi connectivity index (χ1v) is 15.6. The van der Waals surface area contributed by atoms with Crippen molar-refractivity contribution in [2.45, 2.75) is 24.7 Å². The summed E-state index contributed by atoms with van der Waals surface area (Å²) in [6.45, 7) is 2.29. The predicted molar refractivity (Wildman–Crippen MR) is 155 cm³/mol. The standard InChI is InChI=1S/C22H24P.C8H6O7S/c1-2-3-19-23(20-13-7-4-8-14-20,21-15-9-5-10-16-21)22-17-11-6-12-18-22;9-7(10)4-1-5(8(11)12)3-6(2-4)16(13,14)15/h4-18H,2-3,19H2,1H3;1-3H,(H,9,10)(H,11,12)(H,13,14,15)/q+1;. The Morgan fingerprint density at radius 3 is 1.31 bits per heavy atom. The summed E-state index contributed by atoms with van der Waals surface area (Å²) in [5.74, 6) is -2.99. The molecule has 4 aromatic rings. The minimum Gasteiger partial charge on any atom is -0.478 e. The van der Waals surface area contributed by atoms with Gasteiger partial charge in [-0.15, -0.1) is 0 Å². The van der Waals surface area contributed by atoms with Crippen LogP contribution in [-0.2, 0) is 10.1 Å². The van der Waals surface area contributed by atoms with E-state index in [1.165, 1.54) is 34.9 Å². The van der Waals surface area contributed by atoms with Crippen molar-refractivity contribution in [2.24, 2.45) is 0 Å². The molecule has 0 heterocycles. The zero-order valence-corrected chi connectivity index (χ0v) is 23.1. The van der Waals surface area contributed by atoms with Crippen LogP contribution in [0.5, 0.6) is 0 Å². The maximum Gasteiger partial charge on any atom is 0.335 e. The number of aromatic carboxylic acids is 2. The number of carbonyl (C=O) groups is 2. The molecule has 0 aliphatic carbocycles. The third-order valence-corrected chi connectivity index (χ3v) is 11.5. The Morgan fingerprint density at radius 1 is 0.667 bits per heavy atom. The number of hydrogen-bond donors (Lipinski definition) is 3. The molecule has 0 saturated heterocycles. The van der Waals surface area contributed by atoms with E-state index >= 15 is 0 Å². The highest BCUT2D eigenvalue weighted by Crippen LogP contribution is 2.55. The molecule has 3 N–H and O–H groups in total. The van der Waals surface area contributed by atoms with Crippen LogP contribution in [-0.4, -0.2) is 41.3 Å². The van der Waals surface area contributed by atoms with Gasteiger partial charge in [0, 0.05) is 0 Å². The van der Waals surface area contributed by atoms with Crippen LogP contribution in [0.15, 0.2) is 114 Å². The molecule has 4 rings (SSSR count). The van der Waals surface area contributed by atoms with E-state index in [9.17, 15) is 18.0 Å². The molecule has 0 amide bonds. The molecule has 0 unspecified atom stereocenters. The molecule has 202 valence electrons. The summed E-state index contributed by atoms with van der Waals surface area (Å²) in [6, 6.07) is 35.5. The molecule has 4 aromatic carbocycles. The Kier molecular flexibility index (Phi) is 10.1. The van der Waals surface area contributed by atoms with Gasteiger partial charge >= 0.3 is 11.9 Å². The van der Waals surface area contributed by atoms with E-state index in [2.05, 4.69) is 97.9 Å². The minimum absolute atomic E-state index is 0.535. The van der Waals surface area contributed by atoms with E-state index in [4.69, 9.17) is 14.8 Å². The van der Waals surface area contributed by atoms with Crippen LogP contribution in [0.1, 0.15) is 40.5 Å². The molecule has 0 atom stereocenters. The van der Waals surface area contributed by atoms with Gasteiger partial charge in [0.05, 0.1) is 22.2 Å². The fraction of sp³-hybridized carbons (Fsp3) is 0.133. The van der Waals surface area contributed by atoms with Crippen LogP contribution >= 0.6 is 7.26 Å². The van der Waals surface area contributed by atoms with E-state index in [0.29, 0.717) is 12.1 Å². The van der Waals surface area contributed by atoms with Gasteiger partial charge < -0.3 is 10.2 Å². The van der Waals surface area contributed by atoms with Gasteiger partial charge in [-0.05, 0) is 61.0 Å². The quantitative estimate of drug-likeness (QED) is 0.190. The molecular weight excluding hydrogens is 535 g/mol. The Bertz CT molecular complexity index is 1380. The molecule has 0 fully saturated rings. The molecule has 39 heavy (non-hydrogen) atoms. The van der Waals surface area contributed by atoms with Gasteiger partial charge in [0.2, 0.25) is 0 Å². The topological polar surface area (TPSA) is 129 Å². The molecule has 0 saturated carbocycles. The SMILES string of the molecule is CCCC[P+](c1ccccc1)(c1ccccc1)c1ccccc1.O=C(O)c1cc(C(=O)O)cc(S(=O)(=O)O)c1. The van der Waals surface area contributed by atoms with Crippen molar-refractivity contribution in [3.05, 3.63) is 120 Å². The Morgan fingerprint density at radius 2 is 1.03 bits per heavy atom. The Balaban J connectivity index is 0.000000231.